The molecule has 8 nitrogen and oxygen atoms in total. The number of rotatable bonds is 8. The number of nitrogens with one attached hydrogen (secondary N) is 1. The van der Waals surface area contributed by atoms with Gasteiger partial charge in [0.25, 0.3) is 0 Å². The van der Waals surface area contributed by atoms with Crippen LogP contribution in [0, 0.1) is 18.8 Å². The van der Waals surface area contributed by atoms with Crippen LogP contribution < -0.4 is 16.0 Å². The molecule has 3 fully saturated rings. The van der Waals surface area contributed by atoms with Crippen LogP contribution in [-0.4, -0.2) is 86.2 Å². The molecule has 2 amide bonds. The molecule has 3 aliphatic heterocycles. The minimum absolute atomic E-state index is 0.0794. The number of hydrogen-bond donors (Lipinski definition) is 2. The minimum atomic E-state index is -0.571. The summed E-state index contributed by atoms with van der Waals surface area (Å²) in [4.78, 5) is 33.8. The molecule has 9 heteroatoms. The molecular weight excluding hydrogens is 562 g/mol. The molecule has 4 atom stereocenters. The first-order valence-corrected chi connectivity index (χ1v) is 16.3. The highest BCUT2D eigenvalue weighted by Gasteiger charge is 2.43. The topological polar surface area (TPSA) is 91.1 Å². The summed E-state index contributed by atoms with van der Waals surface area (Å²) in [7, 11) is 0. The zero-order valence-electron chi connectivity index (χ0n) is 26.1. The SMILES string of the molecule is Cc1ccc(N2CCN(C(=O)[C@@H]3CN(C4CCOCC4)C[C@H]3c3ccc(Cl)cc3)CC2)c([C@@H](NC(=O)[C@@H](C)N)C(C)C)c1. The van der Waals surface area contributed by atoms with Gasteiger partial charge in [0.2, 0.25) is 11.8 Å². The van der Waals surface area contributed by atoms with Crippen LogP contribution in [-0.2, 0) is 14.3 Å². The molecule has 0 aromatic heterocycles. The van der Waals surface area contributed by atoms with Crippen LogP contribution in [0.15, 0.2) is 42.5 Å². The maximum Gasteiger partial charge on any atom is 0.237 e. The monoisotopic (exact) mass is 609 g/mol. The van der Waals surface area contributed by atoms with E-state index >= 15 is 0 Å². The van der Waals surface area contributed by atoms with Gasteiger partial charge in [-0.1, -0.05) is 55.3 Å². The second-order valence-corrected chi connectivity index (χ2v) is 13.4. The molecule has 0 bridgehead atoms. The van der Waals surface area contributed by atoms with Gasteiger partial charge in [0, 0.05) is 75.2 Å². The van der Waals surface area contributed by atoms with E-state index < -0.39 is 6.04 Å². The quantitative estimate of drug-likeness (QED) is 0.462. The van der Waals surface area contributed by atoms with E-state index in [9.17, 15) is 9.59 Å². The highest BCUT2D eigenvalue weighted by Crippen LogP contribution is 2.38. The van der Waals surface area contributed by atoms with E-state index in [2.05, 4.69) is 71.1 Å². The van der Waals surface area contributed by atoms with Gasteiger partial charge in [-0.2, -0.15) is 0 Å². The van der Waals surface area contributed by atoms with Gasteiger partial charge in [0.15, 0.2) is 0 Å². The summed E-state index contributed by atoms with van der Waals surface area (Å²) in [6, 6.07) is 14.3. The summed E-state index contributed by atoms with van der Waals surface area (Å²) in [5.74, 6) is 0.363. The summed E-state index contributed by atoms with van der Waals surface area (Å²) < 4.78 is 5.62. The zero-order valence-corrected chi connectivity index (χ0v) is 26.9. The molecule has 2 aromatic carbocycles. The largest absolute Gasteiger partial charge is 0.381 e. The van der Waals surface area contributed by atoms with Gasteiger partial charge in [-0.05, 0) is 61.9 Å². The Labute approximate surface area is 261 Å². The van der Waals surface area contributed by atoms with Crippen molar-refractivity contribution in [2.24, 2.45) is 17.6 Å². The van der Waals surface area contributed by atoms with Gasteiger partial charge in [-0.3, -0.25) is 14.5 Å². The zero-order chi connectivity index (χ0) is 30.7. The third-order valence-electron chi connectivity index (χ3n) is 9.50. The lowest BCUT2D eigenvalue weighted by molar-refractivity contribution is -0.136. The minimum Gasteiger partial charge on any atom is -0.381 e. The fraction of sp³-hybridized carbons (Fsp3) is 0.588. The molecule has 3 aliphatic rings. The second-order valence-electron chi connectivity index (χ2n) is 13.0. The molecule has 3 heterocycles. The number of ether oxygens (including phenoxy) is 1. The lowest BCUT2D eigenvalue weighted by Crippen LogP contribution is -2.51. The molecule has 3 saturated heterocycles. The van der Waals surface area contributed by atoms with Crippen molar-refractivity contribution < 1.29 is 14.3 Å². The van der Waals surface area contributed by atoms with E-state index in [1.54, 1.807) is 6.92 Å². The van der Waals surface area contributed by atoms with Crippen LogP contribution in [0.2, 0.25) is 5.02 Å². The fourth-order valence-corrected chi connectivity index (χ4v) is 7.11. The average molecular weight is 610 g/mol. The lowest BCUT2D eigenvalue weighted by Gasteiger charge is -2.39. The normalized spacial score (nSPS) is 23.4. The van der Waals surface area contributed by atoms with Crippen LogP contribution in [0.5, 0.6) is 0 Å². The van der Waals surface area contributed by atoms with Gasteiger partial charge >= 0.3 is 0 Å². The van der Waals surface area contributed by atoms with E-state index in [0.29, 0.717) is 24.2 Å². The van der Waals surface area contributed by atoms with Gasteiger partial charge in [0.1, 0.15) is 0 Å². The van der Waals surface area contributed by atoms with E-state index in [1.807, 2.05) is 12.1 Å². The first kappa shape index (κ1) is 31.8. The van der Waals surface area contributed by atoms with E-state index in [4.69, 9.17) is 22.1 Å². The predicted octanol–water partition coefficient (Wildman–Crippen LogP) is 4.35. The second kappa shape index (κ2) is 14.0. The van der Waals surface area contributed by atoms with Gasteiger partial charge in [-0.15, -0.1) is 0 Å². The molecule has 5 rings (SSSR count). The van der Waals surface area contributed by atoms with Crippen molar-refractivity contribution in [3.8, 4) is 0 Å². The number of carbonyl (C=O) groups excluding carboxylic acids is 2. The summed E-state index contributed by atoms with van der Waals surface area (Å²) >= 11 is 6.22. The standard InChI is InChI=1S/C34H48ClN5O3/c1-22(2)32(37-33(41)24(4)36)28-19-23(3)5-10-31(28)38-13-15-39(16-14-38)34(42)30-21-40(27-11-17-43-18-12-27)20-29(30)25-6-8-26(35)9-7-25/h5-10,19,22,24,27,29-30,32H,11-18,20-21,36H2,1-4H3,(H,37,41)/t24-,29+,30-,32+/m1/s1. The highest BCUT2D eigenvalue weighted by atomic mass is 35.5. The molecule has 2 aromatic rings. The maximum absolute atomic E-state index is 14.2. The molecule has 0 saturated carbocycles. The molecule has 3 N–H and O–H groups in total. The molecule has 43 heavy (non-hydrogen) atoms. The Hall–Kier alpha value is -2.65. The van der Waals surface area contributed by atoms with E-state index in [-0.39, 0.29) is 35.6 Å². The van der Waals surface area contributed by atoms with E-state index in [0.717, 1.165) is 69.0 Å². The van der Waals surface area contributed by atoms with Gasteiger partial charge < -0.3 is 25.6 Å². The summed E-state index contributed by atoms with van der Waals surface area (Å²) in [5.41, 5.74) is 10.5. The van der Waals surface area contributed by atoms with Crippen molar-refractivity contribution in [3.63, 3.8) is 0 Å². The number of nitrogens with two attached hydrogens (primary N) is 1. The number of likely N-dealkylation sites (tertiary alicyclic amines) is 1. The molecular formula is C34H48ClN5O3. The number of benzene rings is 2. The smallest absolute Gasteiger partial charge is 0.237 e. The average Bonchev–Trinajstić information content (AvgIpc) is 3.45. The Bertz CT molecular complexity index is 1260. The van der Waals surface area contributed by atoms with Crippen LogP contribution in [0.3, 0.4) is 0 Å². The van der Waals surface area contributed by atoms with Crippen molar-refractivity contribution in [2.75, 3.05) is 57.4 Å². The number of nitrogens with zero attached hydrogens (tertiary/aromatic N) is 3. The Morgan fingerprint density at radius 3 is 2.28 bits per heavy atom. The predicted molar refractivity (Wildman–Crippen MR) is 172 cm³/mol. The number of amides is 2. The summed E-state index contributed by atoms with van der Waals surface area (Å²) in [6.07, 6.45) is 2.04. The van der Waals surface area contributed by atoms with Crippen molar-refractivity contribution in [2.45, 2.75) is 64.6 Å². The first-order chi connectivity index (χ1) is 20.6. The maximum atomic E-state index is 14.2. The molecule has 0 radical (unpaired) electrons. The number of piperazine rings is 1. The Morgan fingerprint density at radius 1 is 0.977 bits per heavy atom. The number of aryl methyl sites for hydroxylation is 1. The summed E-state index contributed by atoms with van der Waals surface area (Å²) in [6.45, 7) is 14.1. The molecule has 234 valence electrons. The highest BCUT2D eigenvalue weighted by molar-refractivity contribution is 6.30. The lowest BCUT2D eigenvalue weighted by atomic mass is 9.88. The third-order valence-corrected chi connectivity index (χ3v) is 9.75. The number of halogens is 1. The Kier molecular flexibility index (Phi) is 10.3. The van der Waals surface area contributed by atoms with Gasteiger partial charge in [-0.25, -0.2) is 0 Å². The Balaban J connectivity index is 1.31. The number of carbonyl (C=O) groups is 2. The van der Waals surface area contributed by atoms with E-state index in [1.165, 1.54) is 5.56 Å². The molecule has 0 aliphatic carbocycles. The van der Waals surface area contributed by atoms with Crippen LogP contribution in [0.25, 0.3) is 0 Å². The van der Waals surface area contributed by atoms with Gasteiger partial charge in [0.05, 0.1) is 18.0 Å². The fourth-order valence-electron chi connectivity index (χ4n) is 6.98. The summed E-state index contributed by atoms with van der Waals surface area (Å²) in [5, 5.41) is 3.90. The van der Waals surface area contributed by atoms with Crippen molar-refractivity contribution in [1.82, 2.24) is 15.1 Å². The number of anilines is 1. The van der Waals surface area contributed by atoms with Crippen molar-refractivity contribution in [1.29, 1.82) is 0 Å². The van der Waals surface area contributed by atoms with Crippen molar-refractivity contribution >= 4 is 29.1 Å². The Morgan fingerprint density at radius 2 is 1.65 bits per heavy atom. The van der Waals surface area contributed by atoms with Crippen LogP contribution >= 0.6 is 11.6 Å². The molecule has 0 spiro atoms. The van der Waals surface area contributed by atoms with Crippen molar-refractivity contribution in [3.05, 3.63) is 64.2 Å². The third kappa shape index (κ3) is 7.36. The van der Waals surface area contributed by atoms with Crippen LogP contribution in [0.4, 0.5) is 5.69 Å². The number of hydrogen-bond acceptors (Lipinski definition) is 6. The van der Waals surface area contributed by atoms with Crippen LogP contribution in [0.1, 0.15) is 62.3 Å². The molecule has 0 unspecified atom stereocenters. The first-order valence-electron chi connectivity index (χ1n) is 15.9.